The third-order valence-electron chi connectivity index (χ3n) is 3.95. The van der Waals surface area contributed by atoms with Crippen molar-refractivity contribution in [3.8, 4) is 0 Å². The lowest BCUT2D eigenvalue weighted by molar-refractivity contribution is -0.116. The zero-order valence-electron chi connectivity index (χ0n) is 13.4. The Labute approximate surface area is 144 Å². The summed E-state index contributed by atoms with van der Waals surface area (Å²) in [6.45, 7) is 0.353. The molecule has 1 amide bonds. The van der Waals surface area contributed by atoms with E-state index in [1.165, 1.54) is 6.08 Å². The van der Waals surface area contributed by atoms with Crippen molar-refractivity contribution in [1.82, 2.24) is 20.3 Å². The second-order valence-corrected chi connectivity index (χ2v) is 5.67. The van der Waals surface area contributed by atoms with Gasteiger partial charge in [-0.05, 0) is 24.3 Å². The van der Waals surface area contributed by atoms with E-state index in [1.807, 2.05) is 54.6 Å². The van der Waals surface area contributed by atoms with E-state index in [-0.39, 0.29) is 5.91 Å². The number of aromatic nitrogens is 3. The van der Waals surface area contributed by atoms with Crippen LogP contribution in [0.1, 0.15) is 11.4 Å². The van der Waals surface area contributed by atoms with E-state index in [9.17, 15) is 4.79 Å². The minimum absolute atomic E-state index is 0.173. The van der Waals surface area contributed by atoms with Gasteiger partial charge in [0.05, 0.1) is 23.1 Å². The molecule has 0 atom stereocenters. The first-order valence-electron chi connectivity index (χ1n) is 8.03. The number of rotatable bonds is 4. The topological polar surface area (TPSA) is 70.7 Å². The number of imidazole rings is 1. The molecule has 0 aliphatic rings. The van der Waals surface area contributed by atoms with Crippen LogP contribution in [0.2, 0.25) is 0 Å². The van der Waals surface area contributed by atoms with E-state index >= 15 is 0 Å². The number of nitrogens with one attached hydrogen (secondary N) is 2. The normalized spacial score (nSPS) is 11.4. The van der Waals surface area contributed by atoms with Gasteiger partial charge in [-0.1, -0.05) is 36.4 Å². The molecular formula is C20H16N4O. The minimum atomic E-state index is -0.173. The lowest BCUT2D eigenvalue weighted by Crippen LogP contribution is -2.20. The number of amides is 1. The van der Waals surface area contributed by atoms with E-state index < -0.39 is 0 Å². The van der Waals surface area contributed by atoms with Gasteiger partial charge in [-0.3, -0.25) is 9.78 Å². The molecule has 4 aromatic rings. The number of carbonyl (C=O) groups is 1. The highest BCUT2D eigenvalue weighted by atomic mass is 16.1. The number of benzene rings is 2. The zero-order chi connectivity index (χ0) is 17.1. The Morgan fingerprint density at radius 1 is 1.08 bits per heavy atom. The van der Waals surface area contributed by atoms with Gasteiger partial charge in [0, 0.05) is 23.2 Å². The van der Waals surface area contributed by atoms with E-state index in [1.54, 1.807) is 12.3 Å². The van der Waals surface area contributed by atoms with Gasteiger partial charge in [0.1, 0.15) is 5.82 Å². The van der Waals surface area contributed by atoms with E-state index in [2.05, 4.69) is 20.3 Å². The number of fused-ring (bicyclic) bond motifs is 2. The highest BCUT2D eigenvalue weighted by molar-refractivity contribution is 5.95. The van der Waals surface area contributed by atoms with Crippen LogP contribution in [0.3, 0.4) is 0 Å². The molecule has 2 aromatic carbocycles. The molecule has 25 heavy (non-hydrogen) atoms. The Balaban J connectivity index is 1.45. The average Bonchev–Trinajstić information content (AvgIpc) is 3.07. The zero-order valence-corrected chi connectivity index (χ0v) is 13.4. The summed E-state index contributed by atoms with van der Waals surface area (Å²) < 4.78 is 0. The van der Waals surface area contributed by atoms with Gasteiger partial charge in [0.25, 0.3) is 0 Å². The fraction of sp³-hybridized carbons (Fsp3) is 0.0500. The summed E-state index contributed by atoms with van der Waals surface area (Å²) in [5, 5.41) is 3.89. The predicted molar refractivity (Wildman–Crippen MR) is 98.7 cm³/mol. The van der Waals surface area contributed by atoms with Crippen LogP contribution in [-0.4, -0.2) is 20.9 Å². The first kappa shape index (κ1) is 15.1. The van der Waals surface area contributed by atoms with Crippen LogP contribution in [0.25, 0.3) is 28.0 Å². The maximum atomic E-state index is 12.1. The fourth-order valence-electron chi connectivity index (χ4n) is 2.75. The second kappa shape index (κ2) is 6.57. The molecule has 0 fully saturated rings. The van der Waals surface area contributed by atoms with Gasteiger partial charge in [0.2, 0.25) is 5.91 Å². The molecule has 5 heteroatoms. The molecule has 0 unspecified atom stereocenters. The van der Waals surface area contributed by atoms with Crippen molar-refractivity contribution in [2.75, 3.05) is 0 Å². The smallest absolute Gasteiger partial charge is 0.244 e. The van der Waals surface area contributed by atoms with E-state index in [4.69, 9.17) is 0 Å². The number of pyridine rings is 1. The van der Waals surface area contributed by atoms with Crippen LogP contribution in [0.4, 0.5) is 0 Å². The van der Waals surface area contributed by atoms with E-state index in [0.29, 0.717) is 6.54 Å². The van der Waals surface area contributed by atoms with Gasteiger partial charge >= 0.3 is 0 Å². The van der Waals surface area contributed by atoms with Crippen LogP contribution >= 0.6 is 0 Å². The molecule has 0 spiro atoms. The Hall–Kier alpha value is -3.47. The van der Waals surface area contributed by atoms with Crippen molar-refractivity contribution in [1.29, 1.82) is 0 Å². The number of carbonyl (C=O) groups excluding carboxylic acids is 1. The lowest BCUT2D eigenvalue weighted by atomic mass is 10.1. The molecule has 2 heterocycles. The van der Waals surface area contributed by atoms with Crippen LogP contribution in [0, 0.1) is 0 Å². The highest BCUT2D eigenvalue weighted by Crippen LogP contribution is 2.17. The number of hydrogen-bond acceptors (Lipinski definition) is 3. The summed E-state index contributed by atoms with van der Waals surface area (Å²) in [4.78, 5) is 24.1. The summed E-state index contributed by atoms with van der Waals surface area (Å²) in [7, 11) is 0. The van der Waals surface area contributed by atoms with Crippen molar-refractivity contribution in [3.05, 3.63) is 78.3 Å². The summed E-state index contributed by atoms with van der Waals surface area (Å²) in [6.07, 6.45) is 5.05. The van der Waals surface area contributed by atoms with Crippen LogP contribution in [-0.2, 0) is 11.3 Å². The molecule has 0 saturated carbocycles. The Morgan fingerprint density at radius 2 is 1.96 bits per heavy atom. The SMILES string of the molecule is O=C(/C=C/c1cccc2cccnc12)NCc1nc2ccccc2[nH]1. The monoisotopic (exact) mass is 328 g/mol. The van der Waals surface area contributed by atoms with Crippen molar-refractivity contribution in [3.63, 3.8) is 0 Å². The Bertz CT molecular complexity index is 1040. The molecular weight excluding hydrogens is 312 g/mol. The molecule has 2 aromatic heterocycles. The molecule has 5 nitrogen and oxygen atoms in total. The first-order valence-corrected chi connectivity index (χ1v) is 8.03. The maximum Gasteiger partial charge on any atom is 0.244 e. The molecule has 4 rings (SSSR count). The fourth-order valence-corrected chi connectivity index (χ4v) is 2.75. The molecule has 0 radical (unpaired) electrons. The number of hydrogen-bond donors (Lipinski definition) is 2. The first-order chi connectivity index (χ1) is 12.3. The summed E-state index contributed by atoms with van der Waals surface area (Å²) >= 11 is 0. The van der Waals surface area contributed by atoms with Crippen molar-refractivity contribution < 1.29 is 4.79 Å². The minimum Gasteiger partial charge on any atom is -0.345 e. The van der Waals surface area contributed by atoms with Gasteiger partial charge in [-0.2, -0.15) is 0 Å². The standard InChI is InChI=1S/C20H16N4O/c25-19(22-13-18-23-16-8-1-2-9-17(16)24-18)11-10-15-6-3-5-14-7-4-12-21-20(14)15/h1-12H,13H2,(H,22,25)(H,23,24)/b11-10+. The largest absolute Gasteiger partial charge is 0.345 e. The average molecular weight is 328 g/mol. The van der Waals surface area contributed by atoms with Crippen molar-refractivity contribution in [2.24, 2.45) is 0 Å². The molecule has 0 aliphatic heterocycles. The lowest BCUT2D eigenvalue weighted by Gasteiger charge is -2.01. The highest BCUT2D eigenvalue weighted by Gasteiger charge is 2.03. The van der Waals surface area contributed by atoms with Gasteiger partial charge in [-0.15, -0.1) is 0 Å². The molecule has 2 N–H and O–H groups in total. The third-order valence-corrected chi connectivity index (χ3v) is 3.95. The van der Waals surface area contributed by atoms with Crippen LogP contribution in [0.5, 0.6) is 0 Å². The Morgan fingerprint density at radius 3 is 2.88 bits per heavy atom. The quantitative estimate of drug-likeness (QED) is 0.564. The number of aromatic amines is 1. The van der Waals surface area contributed by atoms with Crippen LogP contribution < -0.4 is 5.32 Å². The van der Waals surface area contributed by atoms with Crippen molar-refractivity contribution in [2.45, 2.75) is 6.54 Å². The Kier molecular flexibility index (Phi) is 3.96. The van der Waals surface area contributed by atoms with Gasteiger partial charge in [-0.25, -0.2) is 4.98 Å². The van der Waals surface area contributed by atoms with Gasteiger partial charge in [0.15, 0.2) is 0 Å². The maximum absolute atomic E-state index is 12.1. The van der Waals surface area contributed by atoms with Gasteiger partial charge < -0.3 is 10.3 Å². The number of H-pyrrole nitrogens is 1. The van der Waals surface area contributed by atoms with Crippen LogP contribution in [0.15, 0.2) is 66.9 Å². The third kappa shape index (κ3) is 3.26. The molecule has 0 aliphatic carbocycles. The predicted octanol–water partition coefficient (Wildman–Crippen LogP) is 3.44. The van der Waals surface area contributed by atoms with Crippen molar-refractivity contribution >= 4 is 33.9 Å². The number of nitrogens with zero attached hydrogens (tertiary/aromatic N) is 2. The molecule has 0 saturated heterocycles. The number of para-hydroxylation sites is 3. The summed E-state index contributed by atoms with van der Waals surface area (Å²) in [5.74, 6) is 0.558. The van der Waals surface area contributed by atoms with E-state index in [0.717, 1.165) is 33.3 Å². The summed E-state index contributed by atoms with van der Waals surface area (Å²) in [5.41, 5.74) is 3.65. The molecule has 0 bridgehead atoms. The molecule has 122 valence electrons. The second-order valence-electron chi connectivity index (χ2n) is 5.67. The summed E-state index contributed by atoms with van der Waals surface area (Å²) in [6, 6.07) is 17.6.